The Hall–Kier alpha value is -4.15. The number of ether oxygens (including phenoxy) is 2. The molecule has 0 bridgehead atoms. The van der Waals surface area contributed by atoms with Crippen molar-refractivity contribution in [1.29, 1.82) is 5.26 Å². The lowest BCUT2D eigenvalue weighted by molar-refractivity contribution is -0.384. The summed E-state index contributed by atoms with van der Waals surface area (Å²) in [6.07, 6.45) is 1.41. The van der Waals surface area contributed by atoms with Crippen molar-refractivity contribution in [3.63, 3.8) is 0 Å². The molecule has 3 aromatic carbocycles. The molecule has 0 unspecified atom stereocenters. The van der Waals surface area contributed by atoms with E-state index in [1.165, 1.54) is 24.3 Å². The Morgan fingerprint density at radius 3 is 2.52 bits per heavy atom. The third-order valence-electron chi connectivity index (χ3n) is 4.57. The van der Waals surface area contributed by atoms with Crippen LogP contribution in [0.4, 0.5) is 5.69 Å². The van der Waals surface area contributed by atoms with Crippen LogP contribution in [0.3, 0.4) is 0 Å². The maximum absolute atomic E-state index is 12.7. The summed E-state index contributed by atoms with van der Waals surface area (Å²) in [6.45, 7) is 2.53. The zero-order valence-electron chi connectivity index (χ0n) is 17.7. The molecule has 0 spiro atoms. The molecule has 3 aromatic rings. The van der Waals surface area contributed by atoms with Crippen molar-refractivity contribution >= 4 is 29.1 Å². The van der Waals surface area contributed by atoms with Crippen LogP contribution < -0.4 is 9.47 Å². The maximum atomic E-state index is 12.7. The molecule has 0 saturated carbocycles. The van der Waals surface area contributed by atoms with Crippen LogP contribution in [0, 0.1) is 21.4 Å². The average Bonchev–Trinajstić information content (AvgIpc) is 2.83. The maximum Gasteiger partial charge on any atom is 0.270 e. The Balaban J connectivity index is 1.85. The first-order chi connectivity index (χ1) is 15.9. The van der Waals surface area contributed by atoms with Crippen molar-refractivity contribution in [2.75, 3.05) is 6.61 Å². The summed E-state index contributed by atoms with van der Waals surface area (Å²) in [5.74, 6) is 0.356. The largest absolute Gasteiger partial charge is 0.490 e. The molecule has 0 heterocycles. The summed E-state index contributed by atoms with van der Waals surface area (Å²) in [7, 11) is 0. The monoisotopic (exact) mass is 462 g/mol. The molecular formula is C25H19ClN2O5. The number of benzene rings is 3. The van der Waals surface area contributed by atoms with Crippen molar-refractivity contribution in [2.24, 2.45) is 0 Å². The van der Waals surface area contributed by atoms with Gasteiger partial charge in [0.25, 0.3) is 5.69 Å². The van der Waals surface area contributed by atoms with Gasteiger partial charge in [-0.05, 0) is 48.4 Å². The summed E-state index contributed by atoms with van der Waals surface area (Å²) >= 11 is 5.91. The fourth-order valence-corrected chi connectivity index (χ4v) is 3.10. The van der Waals surface area contributed by atoms with E-state index in [-0.39, 0.29) is 16.8 Å². The van der Waals surface area contributed by atoms with Crippen LogP contribution in [0.1, 0.15) is 28.4 Å². The quantitative estimate of drug-likeness (QED) is 0.127. The first kappa shape index (κ1) is 23.5. The normalized spacial score (nSPS) is 10.9. The number of carbonyl (C=O) groups is 1. The van der Waals surface area contributed by atoms with Crippen LogP contribution in [0.2, 0.25) is 5.02 Å². The molecule has 0 aromatic heterocycles. The first-order valence-corrected chi connectivity index (χ1v) is 10.3. The van der Waals surface area contributed by atoms with Gasteiger partial charge in [0.05, 0.1) is 11.5 Å². The number of carbonyl (C=O) groups excluding carboxylic acids is 1. The molecule has 0 atom stereocenters. The number of nitro groups is 1. The third-order valence-corrected chi connectivity index (χ3v) is 4.82. The molecule has 0 amide bonds. The van der Waals surface area contributed by atoms with Crippen molar-refractivity contribution < 1.29 is 19.2 Å². The summed E-state index contributed by atoms with van der Waals surface area (Å²) in [6, 6.07) is 19.5. The molecule has 8 heteroatoms. The summed E-state index contributed by atoms with van der Waals surface area (Å²) < 4.78 is 11.5. The number of nitrogens with zero attached hydrogens (tertiary/aromatic N) is 2. The number of hydrogen-bond donors (Lipinski definition) is 0. The zero-order valence-corrected chi connectivity index (χ0v) is 18.4. The molecule has 0 aliphatic rings. The second kappa shape index (κ2) is 10.9. The fourth-order valence-electron chi connectivity index (χ4n) is 2.98. The Bertz CT molecular complexity index is 1250. The number of nitro benzene ring substituents is 1. The first-order valence-electron chi connectivity index (χ1n) is 9.96. The van der Waals surface area contributed by atoms with Gasteiger partial charge in [-0.2, -0.15) is 5.26 Å². The van der Waals surface area contributed by atoms with Gasteiger partial charge in [0.1, 0.15) is 18.2 Å². The van der Waals surface area contributed by atoms with Gasteiger partial charge in [-0.3, -0.25) is 14.9 Å². The van der Waals surface area contributed by atoms with Crippen molar-refractivity contribution in [3.8, 4) is 17.6 Å². The second-order valence-corrected chi connectivity index (χ2v) is 7.30. The van der Waals surface area contributed by atoms with Gasteiger partial charge >= 0.3 is 0 Å². The smallest absolute Gasteiger partial charge is 0.270 e. The van der Waals surface area contributed by atoms with E-state index >= 15 is 0 Å². The number of hydrogen-bond acceptors (Lipinski definition) is 6. The highest BCUT2D eigenvalue weighted by Gasteiger charge is 2.16. The van der Waals surface area contributed by atoms with E-state index < -0.39 is 10.7 Å². The second-order valence-electron chi connectivity index (χ2n) is 6.86. The number of ketones is 1. The summed E-state index contributed by atoms with van der Waals surface area (Å²) in [5, 5.41) is 21.1. The predicted octanol–water partition coefficient (Wildman–Crippen LogP) is 6.02. The van der Waals surface area contributed by atoms with Gasteiger partial charge < -0.3 is 9.47 Å². The highest BCUT2D eigenvalue weighted by molar-refractivity contribution is 6.30. The summed E-state index contributed by atoms with van der Waals surface area (Å²) in [5.41, 5.74) is 1.16. The molecule has 0 aliphatic carbocycles. The SMILES string of the molecule is CCOc1cc(/C=C(\C#N)C(=O)c2cccc([N+](=O)[O-])c2)ccc1OCc1ccc(Cl)cc1. The molecule has 3 rings (SSSR count). The van der Waals surface area contributed by atoms with Gasteiger partial charge in [-0.1, -0.05) is 41.9 Å². The lowest BCUT2D eigenvalue weighted by Crippen LogP contribution is -2.03. The molecule has 0 aliphatic heterocycles. The van der Waals surface area contributed by atoms with Crippen LogP contribution in [-0.2, 0) is 6.61 Å². The predicted molar refractivity (Wildman–Crippen MR) is 124 cm³/mol. The highest BCUT2D eigenvalue weighted by atomic mass is 35.5. The number of nitriles is 1. The van der Waals surface area contributed by atoms with Gasteiger partial charge in [-0.25, -0.2) is 0 Å². The fraction of sp³-hybridized carbons (Fsp3) is 0.120. The number of allylic oxidation sites excluding steroid dienone is 1. The average molecular weight is 463 g/mol. The highest BCUT2D eigenvalue weighted by Crippen LogP contribution is 2.30. The molecule has 0 fully saturated rings. The minimum Gasteiger partial charge on any atom is -0.490 e. The molecule has 7 nitrogen and oxygen atoms in total. The number of non-ortho nitro benzene ring substituents is 1. The molecular weight excluding hydrogens is 444 g/mol. The molecule has 0 N–H and O–H groups in total. The van der Waals surface area contributed by atoms with E-state index in [4.69, 9.17) is 21.1 Å². The van der Waals surface area contributed by atoms with Crippen LogP contribution in [0.25, 0.3) is 6.08 Å². The minimum absolute atomic E-state index is 0.0601. The number of Topliss-reactive ketones (excluding diaryl/α,β-unsaturated/α-hetero) is 1. The Kier molecular flexibility index (Phi) is 7.79. The van der Waals surface area contributed by atoms with Crippen LogP contribution in [0.15, 0.2) is 72.3 Å². The van der Waals surface area contributed by atoms with E-state index in [0.717, 1.165) is 11.6 Å². The van der Waals surface area contributed by atoms with Gasteiger partial charge in [0, 0.05) is 22.7 Å². The van der Waals surface area contributed by atoms with E-state index in [1.807, 2.05) is 25.1 Å². The van der Waals surface area contributed by atoms with Gasteiger partial charge in [0.15, 0.2) is 11.5 Å². The molecule has 33 heavy (non-hydrogen) atoms. The lowest BCUT2D eigenvalue weighted by Gasteiger charge is -2.13. The van der Waals surface area contributed by atoms with E-state index in [0.29, 0.717) is 35.3 Å². The van der Waals surface area contributed by atoms with E-state index in [1.54, 1.807) is 30.3 Å². The minimum atomic E-state index is -0.609. The van der Waals surface area contributed by atoms with E-state index in [2.05, 4.69) is 0 Å². The Morgan fingerprint density at radius 2 is 1.85 bits per heavy atom. The molecule has 0 radical (unpaired) electrons. The van der Waals surface area contributed by atoms with Crippen molar-refractivity contribution in [2.45, 2.75) is 13.5 Å². The Labute approximate surface area is 195 Å². The van der Waals surface area contributed by atoms with Crippen LogP contribution in [-0.4, -0.2) is 17.3 Å². The van der Waals surface area contributed by atoms with Crippen LogP contribution >= 0.6 is 11.6 Å². The molecule has 166 valence electrons. The standard InChI is InChI=1S/C25H19ClN2O5/c1-2-32-24-13-18(8-11-23(24)33-16-17-6-9-21(26)10-7-17)12-20(15-27)25(29)19-4-3-5-22(14-19)28(30)31/h3-14H,2,16H2,1H3/b20-12+. The van der Waals surface area contributed by atoms with Crippen LogP contribution in [0.5, 0.6) is 11.5 Å². The van der Waals surface area contributed by atoms with Crippen molar-refractivity contribution in [1.82, 2.24) is 0 Å². The van der Waals surface area contributed by atoms with E-state index in [9.17, 15) is 20.2 Å². The third kappa shape index (κ3) is 6.19. The van der Waals surface area contributed by atoms with Crippen molar-refractivity contribution in [3.05, 3.63) is 104 Å². The van der Waals surface area contributed by atoms with Gasteiger partial charge in [-0.15, -0.1) is 0 Å². The Morgan fingerprint density at radius 1 is 1.09 bits per heavy atom. The lowest BCUT2D eigenvalue weighted by atomic mass is 10.0. The van der Waals surface area contributed by atoms with Gasteiger partial charge in [0.2, 0.25) is 5.78 Å². The molecule has 0 saturated heterocycles. The zero-order chi connectivity index (χ0) is 23.8. The number of halogens is 1. The topological polar surface area (TPSA) is 102 Å². The number of rotatable bonds is 9. The summed E-state index contributed by atoms with van der Waals surface area (Å²) in [4.78, 5) is 23.1.